The molecule has 2 aromatic carbocycles. The van der Waals surface area contributed by atoms with E-state index in [0.29, 0.717) is 11.5 Å². The molecule has 0 fully saturated rings. The predicted molar refractivity (Wildman–Crippen MR) is 84.7 cm³/mol. The van der Waals surface area contributed by atoms with E-state index in [4.69, 9.17) is 5.73 Å². The van der Waals surface area contributed by atoms with Crippen LogP contribution in [0, 0.1) is 0 Å². The van der Waals surface area contributed by atoms with Crippen LogP contribution in [0.15, 0.2) is 60.7 Å². The zero-order valence-corrected chi connectivity index (χ0v) is 11.2. The van der Waals surface area contributed by atoms with Crippen LogP contribution in [0.4, 0.5) is 5.82 Å². The van der Waals surface area contributed by atoms with Crippen LogP contribution < -0.4 is 5.73 Å². The minimum absolute atomic E-state index is 0.400. The van der Waals surface area contributed by atoms with Crippen LogP contribution in [0.1, 0.15) is 0 Å². The molecule has 4 aromatic rings. The summed E-state index contributed by atoms with van der Waals surface area (Å²) < 4.78 is 0. The standard InChI is InChI=1S/C17H12N4/c18-17-16(20-13-7-3-4-8-14(13)21-17)15-10-9-11-5-1-2-6-12(11)19-15/h1-10H,(H2,18,21). The van der Waals surface area contributed by atoms with Crippen molar-refractivity contribution in [2.24, 2.45) is 0 Å². The first-order valence-electron chi connectivity index (χ1n) is 6.70. The summed E-state index contributed by atoms with van der Waals surface area (Å²) in [5.41, 5.74) is 9.94. The van der Waals surface area contributed by atoms with Gasteiger partial charge in [0.1, 0.15) is 5.69 Å². The normalized spacial score (nSPS) is 11.0. The van der Waals surface area contributed by atoms with Gasteiger partial charge in [-0.2, -0.15) is 0 Å². The van der Waals surface area contributed by atoms with Crippen LogP contribution in [0.25, 0.3) is 33.3 Å². The third-order valence-electron chi connectivity index (χ3n) is 3.44. The van der Waals surface area contributed by atoms with Gasteiger partial charge in [-0.25, -0.2) is 15.0 Å². The van der Waals surface area contributed by atoms with Gasteiger partial charge in [-0.05, 0) is 24.3 Å². The molecule has 2 aromatic heterocycles. The van der Waals surface area contributed by atoms with E-state index in [2.05, 4.69) is 15.0 Å². The second-order valence-corrected chi connectivity index (χ2v) is 4.84. The van der Waals surface area contributed by atoms with Gasteiger partial charge >= 0.3 is 0 Å². The number of anilines is 1. The Hall–Kier alpha value is -3.01. The van der Waals surface area contributed by atoms with Gasteiger partial charge in [-0.15, -0.1) is 0 Å². The third kappa shape index (κ3) is 1.97. The van der Waals surface area contributed by atoms with Crippen molar-refractivity contribution >= 4 is 27.8 Å². The second-order valence-electron chi connectivity index (χ2n) is 4.84. The van der Waals surface area contributed by atoms with Gasteiger partial charge < -0.3 is 5.73 Å². The van der Waals surface area contributed by atoms with Gasteiger partial charge in [0, 0.05) is 5.39 Å². The molecule has 21 heavy (non-hydrogen) atoms. The van der Waals surface area contributed by atoms with E-state index in [-0.39, 0.29) is 0 Å². The summed E-state index contributed by atoms with van der Waals surface area (Å²) in [6.07, 6.45) is 0. The Balaban J connectivity index is 1.96. The molecular formula is C17H12N4. The minimum Gasteiger partial charge on any atom is -0.382 e. The molecule has 0 amide bonds. The Morgan fingerprint density at radius 3 is 2.10 bits per heavy atom. The Labute approximate surface area is 121 Å². The molecule has 0 aliphatic carbocycles. The summed E-state index contributed by atoms with van der Waals surface area (Å²) in [7, 11) is 0. The number of rotatable bonds is 1. The SMILES string of the molecule is Nc1nc2ccccc2nc1-c1ccc2ccccc2n1. The first kappa shape index (κ1) is 11.8. The molecule has 4 rings (SSSR count). The van der Waals surface area contributed by atoms with Gasteiger partial charge in [-0.1, -0.05) is 36.4 Å². The Morgan fingerprint density at radius 1 is 0.619 bits per heavy atom. The zero-order chi connectivity index (χ0) is 14.2. The van der Waals surface area contributed by atoms with E-state index in [0.717, 1.165) is 27.6 Å². The molecule has 0 spiro atoms. The van der Waals surface area contributed by atoms with Crippen LogP contribution in [0.3, 0.4) is 0 Å². The fourth-order valence-electron chi connectivity index (χ4n) is 2.40. The number of aromatic nitrogens is 3. The highest BCUT2D eigenvalue weighted by Gasteiger charge is 2.10. The maximum Gasteiger partial charge on any atom is 0.152 e. The monoisotopic (exact) mass is 272 g/mol. The van der Waals surface area contributed by atoms with E-state index in [1.807, 2.05) is 60.7 Å². The molecule has 0 aliphatic heterocycles. The van der Waals surface area contributed by atoms with Crippen molar-refractivity contribution in [3.05, 3.63) is 60.7 Å². The molecule has 0 aliphatic rings. The first-order valence-corrected chi connectivity index (χ1v) is 6.70. The van der Waals surface area contributed by atoms with Gasteiger partial charge in [0.05, 0.1) is 22.2 Å². The Kier molecular flexibility index (Phi) is 2.54. The van der Waals surface area contributed by atoms with Crippen molar-refractivity contribution in [2.45, 2.75) is 0 Å². The molecule has 0 unspecified atom stereocenters. The van der Waals surface area contributed by atoms with Gasteiger partial charge in [0.2, 0.25) is 0 Å². The molecular weight excluding hydrogens is 260 g/mol. The number of hydrogen-bond donors (Lipinski definition) is 1. The van der Waals surface area contributed by atoms with Gasteiger partial charge in [-0.3, -0.25) is 0 Å². The topological polar surface area (TPSA) is 64.7 Å². The van der Waals surface area contributed by atoms with Gasteiger partial charge in [0.15, 0.2) is 5.82 Å². The quantitative estimate of drug-likeness (QED) is 0.576. The van der Waals surface area contributed by atoms with Crippen molar-refractivity contribution in [2.75, 3.05) is 5.73 Å². The summed E-state index contributed by atoms with van der Waals surface area (Å²) in [6.45, 7) is 0. The summed E-state index contributed by atoms with van der Waals surface area (Å²) in [5, 5.41) is 1.09. The van der Waals surface area contributed by atoms with Crippen LogP contribution in [0.5, 0.6) is 0 Å². The Bertz CT molecular complexity index is 963. The lowest BCUT2D eigenvalue weighted by atomic mass is 10.1. The highest BCUT2D eigenvalue weighted by Crippen LogP contribution is 2.25. The molecule has 4 nitrogen and oxygen atoms in total. The number of nitrogens with zero attached hydrogens (tertiary/aromatic N) is 3. The number of pyridine rings is 1. The van der Waals surface area contributed by atoms with Crippen LogP contribution >= 0.6 is 0 Å². The summed E-state index contributed by atoms with van der Waals surface area (Å²) in [6, 6.07) is 19.6. The molecule has 0 saturated carbocycles. The molecule has 2 N–H and O–H groups in total. The van der Waals surface area contributed by atoms with Gasteiger partial charge in [0.25, 0.3) is 0 Å². The summed E-state index contributed by atoms with van der Waals surface area (Å²) >= 11 is 0. The molecule has 4 heteroatoms. The molecule has 2 heterocycles. The maximum atomic E-state index is 6.05. The van der Waals surface area contributed by atoms with E-state index in [1.165, 1.54) is 0 Å². The van der Waals surface area contributed by atoms with Crippen molar-refractivity contribution in [1.29, 1.82) is 0 Å². The fourth-order valence-corrected chi connectivity index (χ4v) is 2.40. The van der Waals surface area contributed by atoms with E-state index in [9.17, 15) is 0 Å². The molecule has 0 atom stereocenters. The highest BCUT2D eigenvalue weighted by atomic mass is 14.9. The minimum atomic E-state index is 0.400. The summed E-state index contributed by atoms with van der Waals surface area (Å²) in [4.78, 5) is 13.6. The van der Waals surface area contributed by atoms with Crippen LogP contribution in [-0.4, -0.2) is 15.0 Å². The molecule has 0 saturated heterocycles. The maximum absolute atomic E-state index is 6.05. The largest absolute Gasteiger partial charge is 0.382 e. The van der Waals surface area contributed by atoms with E-state index >= 15 is 0 Å². The fraction of sp³-hybridized carbons (Fsp3) is 0. The molecule has 0 radical (unpaired) electrons. The number of nitrogen functional groups attached to an aromatic ring is 1. The Morgan fingerprint density at radius 2 is 1.29 bits per heavy atom. The smallest absolute Gasteiger partial charge is 0.152 e. The zero-order valence-electron chi connectivity index (χ0n) is 11.2. The molecule has 100 valence electrons. The van der Waals surface area contributed by atoms with E-state index in [1.54, 1.807) is 0 Å². The second kappa shape index (κ2) is 4.52. The van der Waals surface area contributed by atoms with Crippen LogP contribution in [-0.2, 0) is 0 Å². The highest BCUT2D eigenvalue weighted by molar-refractivity contribution is 5.85. The number of para-hydroxylation sites is 3. The van der Waals surface area contributed by atoms with Crippen molar-refractivity contribution < 1.29 is 0 Å². The lowest BCUT2D eigenvalue weighted by molar-refractivity contribution is 1.26. The average Bonchev–Trinajstić information content (AvgIpc) is 2.54. The predicted octanol–water partition coefficient (Wildman–Crippen LogP) is 3.43. The third-order valence-corrected chi connectivity index (χ3v) is 3.44. The van der Waals surface area contributed by atoms with Crippen molar-refractivity contribution in [3.8, 4) is 11.4 Å². The molecule has 0 bridgehead atoms. The first-order chi connectivity index (χ1) is 10.3. The number of hydrogen-bond acceptors (Lipinski definition) is 4. The number of benzene rings is 2. The van der Waals surface area contributed by atoms with Crippen molar-refractivity contribution in [1.82, 2.24) is 15.0 Å². The number of nitrogens with two attached hydrogens (primary N) is 1. The lowest BCUT2D eigenvalue weighted by Crippen LogP contribution is -1.99. The number of fused-ring (bicyclic) bond motifs is 2. The van der Waals surface area contributed by atoms with Crippen molar-refractivity contribution in [3.63, 3.8) is 0 Å². The van der Waals surface area contributed by atoms with E-state index < -0.39 is 0 Å². The van der Waals surface area contributed by atoms with Crippen LogP contribution in [0.2, 0.25) is 0 Å². The lowest BCUT2D eigenvalue weighted by Gasteiger charge is -2.06. The summed E-state index contributed by atoms with van der Waals surface area (Å²) in [5.74, 6) is 0.400. The average molecular weight is 272 g/mol.